The molecule has 0 unspecified atom stereocenters. The summed E-state index contributed by atoms with van der Waals surface area (Å²) in [5.74, 6) is 0. The number of nitrogens with two attached hydrogens (primary N) is 1. The van der Waals surface area contributed by atoms with Crippen LogP contribution in [-0.4, -0.2) is 0 Å². The van der Waals surface area contributed by atoms with Gasteiger partial charge in [0, 0.05) is 6.04 Å². The summed E-state index contributed by atoms with van der Waals surface area (Å²) in [6, 6.07) is 4.46. The normalized spacial score (nSPS) is 11.7. The second-order valence-corrected chi connectivity index (χ2v) is 3.94. The van der Waals surface area contributed by atoms with Crippen molar-refractivity contribution in [2.24, 2.45) is 5.73 Å². The minimum atomic E-state index is 0. The Kier molecular flexibility index (Phi) is 5.63. The van der Waals surface area contributed by atoms with Crippen LogP contribution in [0, 0.1) is 20.8 Å². The second-order valence-electron chi connectivity index (χ2n) is 3.94. The Morgan fingerprint density at radius 2 is 1.73 bits per heavy atom. The molecule has 0 radical (unpaired) electrons. The van der Waals surface area contributed by atoms with Gasteiger partial charge in [0.2, 0.25) is 0 Å². The van der Waals surface area contributed by atoms with Crippen LogP contribution in [-0.2, 0) is 0 Å². The van der Waals surface area contributed by atoms with Crippen LogP contribution in [0.15, 0.2) is 24.8 Å². The predicted molar refractivity (Wildman–Crippen MR) is 69.6 cm³/mol. The molecule has 0 bridgehead atoms. The van der Waals surface area contributed by atoms with Gasteiger partial charge in [-0.05, 0) is 43.9 Å². The van der Waals surface area contributed by atoms with Crippen molar-refractivity contribution in [2.75, 3.05) is 0 Å². The number of halogens is 1. The van der Waals surface area contributed by atoms with Crippen molar-refractivity contribution in [3.8, 4) is 0 Å². The molecule has 15 heavy (non-hydrogen) atoms. The molecule has 84 valence electrons. The van der Waals surface area contributed by atoms with Gasteiger partial charge >= 0.3 is 0 Å². The van der Waals surface area contributed by atoms with Gasteiger partial charge in [-0.3, -0.25) is 0 Å². The Balaban J connectivity index is 0.00000196. The lowest BCUT2D eigenvalue weighted by Gasteiger charge is -2.16. The number of aryl methyl sites for hydroxylation is 3. The highest BCUT2D eigenvalue weighted by atomic mass is 35.5. The van der Waals surface area contributed by atoms with E-state index in [2.05, 4.69) is 39.5 Å². The van der Waals surface area contributed by atoms with Gasteiger partial charge in [-0.1, -0.05) is 23.8 Å². The maximum atomic E-state index is 6.09. The quantitative estimate of drug-likeness (QED) is 0.782. The molecule has 0 aliphatic carbocycles. The first-order valence-electron chi connectivity index (χ1n) is 5.00. The summed E-state index contributed by atoms with van der Waals surface area (Å²) in [5.41, 5.74) is 11.2. The van der Waals surface area contributed by atoms with Crippen molar-refractivity contribution >= 4 is 12.4 Å². The average Bonchev–Trinajstić information content (AvgIpc) is 2.01. The molecule has 1 aromatic carbocycles. The number of benzene rings is 1. The van der Waals surface area contributed by atoms with Crippen molar-refractivity contribution in [1.29, 1.82) is 0 Å². The van der Waals surface area contributed by atoms with Crippen molar-refractivity contribution in [3.63, 3.8) is 0 Å². The van der Waals surface area contributed by atoms with Gasteiger partial charge in [0.15, 0.2) is 0 Å². The summed E-state index contributed by atoms with van der Waals surface area (Å²) in [5, 5.41) is 0. The van der Waals surface area contributed by atoms with E-state index >= 15 is 0 Å². The smallest absolute Gasteiger partial charge is 0.0334 e. The van der Waals surface area contributed by atoms with Crippen LogP contribution < -0.4 is 5.73 Å². The summed E-state index contributed by atoms with van der Waals surface area (Å²) in [6.45, 7) is 10.1. The van der Waals surface area contributed by atoms with Gasteiger partial charge in [0.05, 0.1) is 0 Å². The summed E-state index contributed by atoms with van der Waals surface area (Å²) < 4.78 is 0. The molecule has 2 heteroatoms. The van der Waals surface area contributed by atoms with Crippen LogP contribution >= 0.6 is 12.4 Å². The zero-order valence-corrected chi connectivity index (χ0v) is 10.5. The predicted octanol–water partition coefficient (Wildman–Crippen LogP) is 3.61. The Labute approximate surface area is 98.8 Å². The van der Waals surface area contributed by atoms with Gasteiger partial charge in [0.1, 0.15) is 0 Å². The van der Waals surface area contributed by atoms with E-state index in [0.29, 0.717) is 0 Å². The third kappa shape index (κ3) is 3.37. The van der Waals surface area contributed by atoms with Crippen LogP contribution in [0.4, 0.5) is 0 Å². The fraction of sp³-hybridized carbons (Fsp3) is 0.385. The van der Waals surface area contributed by atoms with E-state index in [1.54, 1.807) is 0 Å². The topological polar surface area (TPSA) is 26.0 Å². The van der Waals surface area contributed by atoms with Crippen molar-refractivity contribution in [2.45, 2.75) is 33.2 Å². The minimum Gasteiger partial charge on any atom is -0.324 e. The number of rotatable bonds is 3. The molecule has 1 rings (SSSR count). The SMILES string of the molecule is C=CC[C@H](N)c1c(C)cc(C)cc1C.Cl. The molecular weight excluding hydrogens is 206 g/mol. The molecule has 0 heterocycles. The molecule has 0 aliphatic heterocycles. The lowest BCUT2D eigenvalue weighted by atomic mass is 9.93. The molecule has 0 saturated carbocycles. The molecule has 0 aromatic heterocycles. The molecule has 1 atom stereocenters. The van der Waals surface area contributed by atoms with E-state index in [-0.39, 0.29) is 18.4 Å². The van der Waals surface area contributed by atoms with Gasteiger partial charge < -0.3 is 5.73 Å². The molecule has 1 nitrogen and oxygen atoms in total. The fourth-order valence-corrected chi connectivity index (χ4v) is 2.07. The highest BCUT2D eigenvalue weighted by Crippen LogP contribution is 2.24. The van der Waals surface area contributed by atoms with E-state index in [1.165, 1.54) is 22.3 Å². The Bertz CT molecular complexity index is 321. The van der Waals surface area contributed by atoms with Crippen LogP contribution in [0.1, 0.15) is 34.7 Å². The Morgan fingerprint density at radius 3 is 2.13 bits per heavy atom. The molecule has 0 saturated heterocycles. The first-order chi connectivity index (χ1) is 6.56. The molecule has 0 amide bonds. The van der Waals surface area contributed by atoms with Crippen LogP contribution in [0.25, 0.3) is 0 Å². The number of hydrogen-bond donors (Lipinski definition) is 1. The fourth-order valence-electron chi connectivity index (χ4n) is 2.07. The van der Waals surface area contributed by atoms with Crippen LogP contribution in [0.2, 0.25) is 0 Å². The van der Waals surface area contributed by atoms with Crippen LogP contribution in [0.5, 0.6) is 0 Å². The first kappa shape index (κ1) is 14.2. The van der Waals surface area contributed by atoms with Gasteiger partial charge in [-0.15, -0.1) is 19.0 Å². The minimum absolute atomic E-state index is 0. The maximum Gasteiger partial charge on any atom is 0.0334 e. The zero-order valence-electron chi connectivity index (χ0n) is 9.71. The number of hydrogen-bond acceptors (Lipinski definition) is 1. The van der Waals surface area contributed by atoms with Gasteiger partial charge in [0.25, 0.3) is 0 Å². The lowest BCUT2D eigenvalue weighted by Crippen LogP contribution is -2.12. The van der Waals surface area contributed by atoms with E-state index in [9.17, 15) is 0 Å². The summed E-state index contributed by atoms with van der Waals surface area (Å²) in [7, 11) is 0. The zero-order chi connectivity index (χ0) is 10.7. The molecular formula is C13H20ClN. The monoisotopic (exact) mass is 225 g/mol. The van der Waals surface area contributed by atoms with E-state index in [0.717, 1.165) is 6.42 Å². The van der Waals surface area contributed by atoms with E-state index in [1.807, 2.05) is 6.08 Å². The lowest BCUT2D eigenvalue weighted by molar-refractivity contribution is 0.729. The van der Waals surface area contributed by atoms with E-state index in [4.69, 9.17) is 5.73 Å². The summed E-state index contributed by atoms with van der Waals surface area (Å²) >= 11 is 0. The highest BCUT2D eigenvalue weighted by molar-refractivity contribution is 5.85. The van der Waals surface area contributed by atoms with E-state index < -0.39 is 0 Å². The average molecular weight is 226 g/mol. The highest BCUT2D eigenvalue weighted by Gasteiger charge is 2.10. The standard InChI is InChI=1S/C13H19N.ClH/c1-5-6-12(14)13-10(3)7-9(2)8-11(13)4;/h5,7-8,12H,1,6,14H2,2-4H3;1H/t12-;/m0./s1. The second kappa shape index (κ2) is 5.94. The molecule has 0 aliphatic rings. The maximum absolute atomic E-state index is 6.09. The first-order valence-corrected chi connectivity index (χ1v) is 5.00. The third-order valence-electron chi connectivity index (χ3n) is 2.53. The third-order valence-corrected chi connectivity index (χ3v) is 2.53. The largest absolute Gasteiger partial charge is 0.324 e. The molecule has 1 aromatic rings. The Morgan fingerprint density at radius 1 is 1.27 bits per heavy atom. The van der Waals surface area contributed by atoms with Gasteiger partial charge in [-0.2, -0.15) is 0 Å². The van der Waals surface area contributed by atoms with Crippen molar-refractivity contribution < 1.29 is 0 Å². The molecule has 0 fully saturated rings. The summed E-state index contributed by atoms with van der Waals surface area (Å²) in [4.78, 5) is 0. The Hall–Kier alpha value is -0.790. The van der Waals surface area contributed by atoms with Crippen LogP contribution in [0.3, 0.4) is 0 Å². The van der Waals surface area contributed by atoms with Gasteiger partial charge in [-0.25, -0.2) is 0 Å². The molecule has 2 N–H and O–H groups in total. The molecule has 0 spiro atoms. The van der Waals surface area contributed by atoms with Crippen molar-refractivity contribution in [1.82, 2.24) is 0 Å². The van der Waals surface area contributed by atoms with Crippen molar-refractivity contribution in [3.05, 3.63) is 47.0 Å². The summed E-state index contributed by atoms with van der Waals surface area (Å²) in [6.07, 6.45) is 2.72.